The number of rotatable bonds is 7. The van der Waals surface area contributed by atoms with Crippen molar-refractivity contribution in [2.45, 2.75) is 32.7 Å². The van der Waals surface area contributed by atoms with Gasteiger partial charge in [0.2, 0.25) is 5.91 Å². The van der Waals surface area contributed by atoms with E-state index in [0.29, 0.717) is 29.3 Å². The Hall–Kier alpha value is -2.41. The minimum absolute atomic E-state index is 0.0395. The highest BCUT2D eigenvalue weighted by Crippen LogP contribution is 2.13. The molecule has 0 saturated heterocycles. The number of benzene rings is 1. The number of carbonyl (C=O) groups excluding carboxylic acids is 2. The van der Waals surface area contributed by atoms with Gasteiger partial charge in [0.1, 0.15) is 0 Å². The Morgan fingerprint density at radius 2 is 2.17 bits per heavy atom. The van der Waals surface area contributed by atoms with Crippen LogP contribution in [0.2, 0.25) is 0 Å². The van der Waals surface area contributed by atoms with Gasteiger partial charge in [0, 0.05) is 23.1 Å². The lowest BCUT2D eigenvalue weighted by molar-refractivity contribution is -0.116. The van der Waals surface area contributed by atoms with E-state index < -0.39 is 0 Å². The van der Waals surface area contributed by atoms with Gasteiger partial charge >= 0.3 is 0 Å². The summed E-state index contributed by atoms with van der Waals surface area (Å²) in [5.74, 6) is -0.261. The van der Waals surface area contributed by atoms with Gasteiger partial charge in [-0.1, -0.05) is 19.4 Å². The number of hydrogen-bond donors (Lipinski definition) is 3. The lowest BCUT2D eigenvalue weighted by atomic mass is 10.1. The van der Waals surface area contributed by atoms with Crippen molar-refractivity contribution in [3.05, 3.63) is 40.9 Å². The number of amides is 2. The topological polar surface area (TPSA) is 97.1 Å². The molecule has 1 aromatic carbocycles. The zero-order valence-electron chi connectivity index (χ0n) is 13.0. The summed E-state index contributed by atoms with van der Waals surface area (Å²) in [5, 5.41) is 7.87. The number of nitrogens with two attached hydrogens (primary N) is 1. The summed E-state index contributed by atoms with van der Waals surface area (Å²) in [6.07, 6.45) is 2.30. The van der Waals surface area contributed by atoms with E-state index in [9.17, 15) is 9.59 Å². The van der Waals surface area contributed by atoms with Crippen LogP contribution in [-0.2, 0) is 11.3 Å². The zero-order chi connectivity index (χ0) is 16.7. The first-order valence-corrected chi connectivity index (χ1v) is 8.34. The molecule has 4 N–H and O–H groups in total. The lowest BCUT2D eigenvalue weighted by Gasteiger charge is -2.07. The maximum Gasteiger partial charge on any atom is 0.251 e. The molecule has 0 unspecified atom stereocenters. The summed E-state index contributed by atoms with van der Waals surface area (Å²) in [6.45, 7) is 2.35. The van der Waals surface area contributed by atoms with Crippen LogP contribution < -0.4 is 16.4 Å². The predicted molar refractivity (Wildman–Crippen MR) is 92.3 cm³/mol. The Bertz CT molecular complexity index is 684. The molecule has 0 atom stereocenters. The number of unbranched alkanes of at least 4 members (excludes halogenated alkanes) is 1. The van der Waals surface area contributed by atoms with Crippen LogP contribution in [0.15, 0.2) is 29.6 Å². The molecule has 122 valence electrons. The third-order valence-electron chi connectivity index (χ3n) is 3.17. The summed E-state index contributed by atoms with van der Waals surface area (Å²) in [7, 11) is 0. The van der Waals surface area contributed by atoms with Gasteiger partial charge in [-0.2, -0.15) is 0 Å². The fourth-order valence-electron chi connectivity index (χ4n) is 1.98. The Balaban J connectivity index is 1.92. The van der Waals surface area contributed by atoms with Crippen LogP contribution in [-0.4, -0.2) is 16.8 Å². The van der Waals surface area contributed by atoms with E-state index in [4.69, 9.17) is 5.73 Å². The van der Waals surface area contributed by atoms with Gasteiger partial charge in [0.05, 0.1) is 12.2 Å². The van der Waals surface area contributed by atoms with E-state index in [2.05, 4.69) is 15.6 Å². The number of hydrogen-bond acceptors (Lipinski definition) is 5. The van der Waals surface area contributed by atoms with Crippen LogP contribution in [0, 0.1) is 0 Å². The van der Waals surface area contributed by atoms with Gasteiger partial charge in [-0.3, -0.25) is 9.59 Å². The van der Waals surface area contributed by atoms with Crippen molar-refractivity contribution >= 4 is 34.0 Å². The van der Waals surface area contributed by atoms with Gasteiger partial charge in [0.15, 0.2) is 5.13 Å². The second-order valence-corrected chi connectivity index (χ2v) is 5.98. The van der Waals surface area contributed by atoms with Crippen LogP contribution in [0.1, 0.15) is 42.2 Å². The first kappa shape index (κ1) is 17.0. The van der Waals surface area contributed by atoms with E-state index in [1.54, 1.807) is 29.6 Å². The molecule has 0 bridgehead atoms. The van der Waals surface area contributed by atoms with Gasteiger partial charge in [-0.25, -0.2) is 4.98 Å². The molecular weight excluding hydrogens is 312 g/mol. The molecule has 6 nitrogen and oxygen atoms in total. The Kier molecular flexibility index (Phi) is 6.10. The Morgan fingerprint density at radius 3 is 2.87 bits per heavy atom. The van der Waals surface area contributed by atoms with E-state index in [1.165, 1.54) is 11.3 Å². The maximum atomic E-state index is 12.2. The zero-order valence-corrected chi connectivity index (χ0v) is 13.8. The maximum absolute atomic E-state index is 12.2. The van der Waals surface area contributed by atoms with Crippen LogP contribution >= 0.6 is 11.3 Å². The van der Waals surface area contributed by atoms with Crippen molar-refractivity contribution in [3.63, 3.8) is 0 Å². The molecule has 0 radical (unpaired) electrons. The molecule has 2 amide bonds. The molecule has 7 heteroatoms. The van der Waals surface area contributed by atoms with E-state index >= 15 is 0 Å². The summed E-state index contributed by atoms with van der Waals surface area (Å²) < 4.78 is 0. The highest BCUT2D eigenvalue weighted by Gasteiger charge is 2.08. The van der Waals surface area contributed by atoms with E-state index in [-0.39, 0.29) is 11.8 Å². The molecule has 2 rings (SSSR count). The quantitative estimate of drug-likeness (QED) is 0.726. The molecular formula is C16H20N4O2S. The van der Waals surface area contributed by atoms with E-state index in [1.807, 2.05) is 6.92 Å². The van der Waals surface area contributed by atoms with Gasteiger partial charge in [-0.15, -0.1) is 11.3 Å². The monoisotopic (exact) mass is 332 g/mol. The molecule has 2 aromatic rings. The van der Waals surface area contributed by atoms with Gasteiger partial charge in [0.25, 0.3) is 5.91 Å². The number of nitrogens with zero attached hydrogens (tertiary/aromatic N) is 1. The largest absolute Gasteiger partial charge is 0.375 e. The first-order chi connectivity index (χ1) is 11.1. The number of anilines is 2. The molecule has 23 heavy (non-hydrogen) atoms. The van der Waals surface area contributed by atoms with E-state index in [0.717, 1.165) is 18.5 Å². The van der Waals surface area contributed by atoms with Crippen molar-refractivity contribution in [2.75, 3.05) is 11.1 Å². The molecule has 0 fully saturated rings. The highest BCUT2D eigenvalue weighted by molar-refractivity contribution is 7.13. The number of thiazole rings is 1. The van der Waals surface area contributed by atoms with Crippen LogP contribution in [0.5, 0.6) is 0 Å². The van der Waals surface area contributed by atoms with Gasteiger partial charge in [-0.05, 0) is 24.6 Å². The lowest BCUT2D eigenvalue weighted by Crippen LogP contribution is -2.23. The molecule has 1 heterocycles. The third kappa shape index (κ3) is 5.37. The molecule has 0 aliphatic carbocycles. The highest BCUT2D eigenvalue weighted by atomic mass is 32.1. The standard InChI is InChI=1S/C16H20N4O2S/c1-2-3-7-14(21)19-12-6-4-5-11(8-12)15(22)18-9-13-10-23-16(17)20-13/h4-6,8,10H,2-3,7,9H2,1H3,(H2,17,20)(H,18,22)(H,19,21). The molecule has 0 aliphatic rings. The first-order valence-electron chi connectivity index (χ1n) is 7.46. The van der Waals surface area contributed by atoms with Crippen molar-refractivity contribution in [2.24, 2.45) is 0 Å². The van der Waals surface area contributed by atoms with Crippen molar-refractivity contribution < 1.29 is 9.59 Å². The predicted octanol–water partition coefficient (Wildman–Crippen LogP) is 2.78. The third-order valence-corrected chi connectivity index (χ3v) is 3.89. The number of aromatic nitrogens is 1. The smallest absolute Gasteiger partial charge is 0.251 e. The number of nitrogen functional groups attached to an aromatic ring is 1. The minimum Gasteiger partial charge on any atom is -0.375 e. The summed E-state index contributed by atoms with van der Waals surface area (Å²) in [4.78, 5) is 28.0. The molecule has 1 aromatic heterocycles. The number of nitrogens with one attached hydrogen (secondary N) is 2. The normalized spacial score (nSPS) is 10.3. The molecule has 0 saturated carbocycles. The van der Waals surface area contributed by atoms with Crippen molar-refractivity contribution in [1.82, 2.24) is 10.3 Å². The second-order valence-electron chi connectivity index (χ2n) is 5.09. The minimum atomic E-state index is -0.221. The molecule has 0 spiro atoms. The average Bonchev–Trinajstić information content (AvgIpc) is 2.96. The van der Waals surface area contributed by atoms with Crippen molar-refractivity contribution in [3.8, 4) is 0 Å². The molecule has 0 aliphatic heterocycles. The summed E-state index contributed by atoms with van der Waals surface area (Å²) >= 11 is 1.34. The Morgan fingerprint density at radius 1 is 1.35 bits per heavy atom. The number of carbonyl (C=O) groups is 2. The van der Waals surface area contributed by atoms with Gasteiger partial charge < -0.3 is 16.4 Å². The second kappa shape index (κ2) is 8.28. The van der Waals surface area contributed by atoms with Crippen LogP contribution in [0.3, 0.4) is 0 Å². The van der Waals surface area contributed by atoms with Crippen molar-refractivity contribution in [1.29, 1.82) is 0 Å². The SMILES string of the molecule is CCCCC(=O)Nc1cccc(C(=O)NCc2csc(N)n2)c1. The average molecular weight is 332 g/mol. The van der Waals surface area contributed by atoms with Crippen LogP contribution in [0.25, 0.3) is 0 Å². The summed E-state index contributed by atoms with van der Waals surface area (Å²) in [6, 6.07) is 6.87. The fraction of sp³-hybridized carbons (Fsp3) is 0.312. The summed E-state index contributed by atoms with van der Waals surface area (Å²) in [5.41, 5.74) is 7.39. The fourth-order valence-corrected chi connectivity index (χ4v) is 2.54. The van der Waals surface area contributed by atoms with Crippen LogP contribution in [0.4, 0.5) is 10.8 Å². The Labute approximate surface area is 139 Å².